The van der Waals surface area contributed by atoms with Crippen LogP contribution in [0.25, 0.3) is 0 Å². The maximum absolute atomic E-state index is 13.5. The number of halogens is 1. The summed E-state index contributed by atoms with van der Waals surface area (Å²) in [6.07, 6.45) is 8.85. The summed E-state index contributed by atoms with van der Waals surface area (Å²) in [5.41, 5.74) is -2.21. The van der Waals surface area contributed by atoms with Gasteiger partial charge < -0.3 is 14.9 Å². The molecule has 1 aromatic carbocycles. The van der Waals surface area contributed by atoms with E-state index in [1.54, 1.807) is 12.2 Å². The molecule has 0 spiro atoms. The Morgan fingerprint density at radius 3 is 2.53 bits per heavy atom. The van der Waals surface area contributed by atoms with Gasteiger partial charge >= 0.3 is 5.97 Å². The number of fused-ring (bicyclic) bond motifs is 5. The number of carbonyl (C=O) groups excluding carboxylic acids is 3. The van der Waals surface area contributed by atoms with Crippen molar-refractivity contribution < 1.29 is 33.7 Å². The number of ether oxygens (including phenoxy) is 1. The molecule has 6 nitrogen and oxygen atoms in total. The minimum atomic E-state index is -1.66. The van der Waals surface area contributed by atoms with Crippen LogP contribution in [0.3, 0.4) is 0 Å². The van der Waals surface area contributed by atoms with E-state index in [9.17, 15) is 29.0 Å². The molecule has 5 rings (SSSR count). The fourth-order valence-electron chi connectivity index (χ4n) is 7.88. The number of rotatable bonds is 4. The van der Waals surface area contributed by atoms with Crippen molar-refractivity contribution in [1.29, 1.82) is 0 Å². The van der Waals surface area contributed by atoms with E-state index < -0.39 is 52.6 Å². The van der Waals surface area contributed by atoms with Gasteiger partial charge in [0.2, 0.25) is 5.78 Å². The van der Waals surface area contributed by atoms with E-state index in [4.69, 9.17) is 4.74 Å². The van der Waals surface area contributed by atoms with E-state index in [1.165, 1.54) is 12.1 Å². The summed E-state index contributed by atoms with van der Waals surface area (Å²) < 4.78 is 19.5. The van der Waals surface area contributed by atoms with Gasteiger partial charge in [-0.05, 0) is 66.7 Å². The molecule has 7 heteroatoms. The molecule has 8 atom stereocenters. The highest BCUT2D eigenvalue weighted by molar-refractivity contribution is 6.01. The highest BCUT2D eigenvalue weighted by atomic mass is 19.1. The van der Waals surface area contributed by atoms with Gasteiger partial charge in [-0.1, -0.05) is 39.0 Å². The van der Waals surface area contributed by atoms with Gasteiger partial charge in [0.1, 0.15) is 12.4 Å². The molecule has 0 aromatic heterocycles. The van der Waals surface area contributed by atoms with Crippen LogP contribution in [0, 0.1) is 40.3 Å². The second kappa shape index (κ2) is 8.32. The summed E-state index contributed by atoms with van der Waals surface area (Å²) in [5.74, 6) is -2.88. The molecule has 1 aromatic rings. The minimum absolute atomic E-state index is 0.0875. The molecular weight excluding hydrogens is 463 g/mol. The van der Waals surface area contributed by atoms with Crippen molar-refractivity contribution in [3.63, 3.8) is 0 Å². The Labute approximate surface area is 209 Å². The van der Waals surface area contributed by atoms with Crippen molar-refractivity contribution in [3.8, 4) is 0 Å². The third-order valence-corrected chi connectivity index (χ3v) is 9.49. The molecule has 4 aliphatic rings. The van der Waals surface area contributed by atoms with Crippen LogP contribution in [-0.2, 0) is 14.3 Å². The SMILES string of the molecule is C[C@@H]1C[C@H]2[C@@H]3C=CC4=CC(=O)C=C[C@]4(C)[C@H]3[C@@H](O)C[C@]2(C)[C@]1(OC(=O)c1ccc(F)cc1)C(=O)CO. The van der Waals surface area contributed by atoms with Crippen LogP contribution >= 0.6 is 0 Å². The molecule has 0 radical (unpaired) electrons. The van der Waals surface area contributed by atoms with Crippen molar-refractivity contribution in [2.45, 2.75) is 45.3 Å². The number of ketones is 2. The number of aliphatic hydroxyl groups excluding tert-OH is 2. The van der Waals surface area contributed by atoms with Gasteiger partial charge in [0.25, 0.3) is 0 Å². The maximum Gasteiger partial charge on any atom is 0.339 e. The lowest BCUT2D eigenvalue weighted by Gasteiger charge is -2.58. The Kier molecular flexibility index (Phi) is 5.72. The van der Waals surface area contributed by atoms with E-state index in [-0.39, 0.29) is 35.5 Å². The Balaban J connectivity index is 1.59. The van der Waals surface area contributed by atoms with Gasteiger partial charge in [-0.2, -0.15) is 0 Å². The molecule has 0 aliphatic heterocycles. The van der Waals surface area contributed by atoms with Gasteiger partial charge in [0.05, 0.1) is 11.7 Å². The van der Waals surface area contributed by atoms with Crippen LogP contribution in [-0.4, -0.2) is 46.1 Å². The van der Waals surface area contributed by atoms with Crippen molar-refractivity contribution >= 4 is 17.5 Å². The smallest absolute Gasteiger partial charge is 0.339 e. The largest absolute Gasteiger partial charge is 0.446 e. The van der Waals surface area contributed by atoms with Gasteiger partial charge in [0.15, 0.2) is 11.4 Å². The average Bonchev–Trinajstić information content (AvgIpc) is 3.06. The molecule has 190 valence electrons. The first-order valence-corrected chi connectivity index (χ1v) is 12.4. The van der Waals surface area contributed by atoms with Crippen LogP contribution in [0.1, 0.15) is 44.0 Å². The number of hydrogen-bond donors (Lipinski definition) is 2. The normalized spacial score (nSPS) is 40.7. The van der Waals surface area contributed by atoms with Gasteiger partial charge in [-0.15, -0.1) is 0 Å². The third kappa shape index (κ3) is 3.25. The molecule has 0 saturated heterocycles. The summed E-state index contributed by atoms with van der Waals surface area (Å²) in [6.45, 7) is 4.93. The van der Waals surface area contributed by atoms with E-state index in [1.807, 2.05) is 39.0 Å². The van der Waals surface area contributed by atoms with Crippen LogP contribution in [0.2, 0.25) is 0 Å². The highest BCUT2D eigenvalue weighted by Crippen LogP contribution is 2.68. The number of benzene rings is 1. The van der Waals surface area contributed by atoms with Crippen LogP contribution in [0.5, 0.6) is 0 Å². The lowest BCUT2D eigenvalue weighted by atomic mass is 9.47. The maximum atomic E-state index is 13.5. The van der Waals surface area contributed by atoms with E-state index in [0.29, 0.717) is 6.42 Å². The Morgan fingerprint density at radius 1 is 1.17 bits per heavy atom. The van der Waals surface area contributed by atoms with Crippen molar-refractivity contribution in [3.05, 3.63) is 71.6 Å². The average molecular weight is 495 g/mol. The predicted octanol–water partition coefficient (Wildman–Crippen LogP) is 3.58. The molecule has 4 aliphatic carbocycles. The van der Waals surface area contributed by atoms with E-state index in [2.05, 4.69) is 0 Å². The van der Waals surface area contributed by atoms with Crippen molar-refractivity contribution in [1.82, 2.24) is 0 Å². The minimum Gasteiger partial charge on any atom is -0.446 e. The van der Waals surface area contributed by atoms with Crippen molar-refractivity contribution in [2.75, 3.05) is 6.61 Å². The number of carbonyl (C=O) groups is 3. The van der Waals surface area contributed by atoms with Crippen molar-refractivity contribution in [2.24, 2.45) is 34.5 Å². The molecule has 0 heterocycles. The molecule has 2 saturated carbocycles. The number of aliphatic hydroxyl groups is 2. The molecular formula is C29H31FO6. The molecule has 0 bridgehead atoms. The van der Waals surface area contributed by atoms with E-state index in [0.717, 1.165) is 17.7 Å². The summed E-state index contributed by atoms with van der Waals surface area (Å²) in [5, 5.41) is 21.6. The molecule has 2 N–H and O–H groups in total. The number of esters is 1. The fourth-order valence-corrected chi connectivity index (χ4v) is 7.88. The topological polar surface area (TPSA) is 101 Å². The summed E-state index contributed by atoms with van der Waals surface area (Å²) in [7, 11) is 0. The van der Waals surface area contributed by atoms with E-state index >= 15 is 0 Å². The lowest BCUT2D eigenvalue weighted by Crippen LogP contribution is -2.63. The Bertz CT molecular complexity index is 1210. The van der Waals surface area contributed by atoms with Crippen LogP contribution < -0.4 is 0 Å². The van der Waals surface area contributed by atoms with Gasteiger partial charge in [-0.25, -0.2) is 9.18 Å². The lowest BCUT2D eigenvalue weighted by molar-refractivity contribution is -0.179. The first-order valence-electron chi connectivity index (χ1n) is 12.4. The number of hydrogen-bond acceptors (Lipinski definition) is 6. The van der Waals surface area contributed by atoms with Crippen LogP contribution in [0.4, 0.5) is 4.39 Å². The van der Waals surface area contributed by atoms with Gasteiger partial charge in [-0.3, -0.25) is 9.59 Å². The summed E-state index contributed by atoms with van der Waals surface area (Å²) in [6, 6.07) is 4.90. The standard InChI is InChI=1S/C29H31FO6/c1-16-12-22-21-9-6-18-13-20(32)10-11-27(18,2)25(21)23(33)14-28(22,3)29(16,24(34)15-31)36-26(35)17-4-7-19(30)8-5-17/h4-11,13,16,21-23,25,31,33H,12,14-15H2,1-3H3/t16-,21+,22+,23+,25-,27+,28+,29-/m1/s1. The quantitative estimate of drug-likeness (QED) is 0.621. The third-order valence-electron chi connectivity index (χ3n) is 9.49. The highest BCUT2D eigenvalue weighted by Gasteiger charge is 2.72. The molecule has 0 amide bonds. The zero-order valence-corrected chi connectivity index (χ0v) is 20.6. The molecule has 36 heavy (non-hydrogen) atoms. The second-order valence-electron chi connectivity index (χ2n) is 11.2. The fraction of sp³-hybridized carbons (Fsp3) is 0.483. The monoisotopic (exact) mass is 494 g/mol. The first kappa shape index (κ1) is 24.8. The summed E-state index contributed by atoms with van der Waals surface area (Å²) >= 11 is 0. The Hall–Kier alpha value is -2.90. The molecule has 0 unspecified atom stereocenters. The van der Waals surface area contributed by atoms with Crippen LogP contribution in [0.15, 0.2) is 60.2 Å². The predicted molar refractivity (Wildman–Crippen MR) is 129 cm³/mol. The summed E-state index contributed by atoms with van der Waals surface area (Å²) in [4.78, 5) is 38.7. The number of allylic oxidation sites excluding steroid dienone is 6. The Morgan fingerprint density at radius 2 is 1.86 bits per heavy atom. The molecule has 2 fully saturated rings. The second-order valence-corrected chi connectivity index (χ2v) is 11.2. The zero-order chi connectivity index (χ0) is 26.0. The zero-order valence-electron chi connectivity index (χ0n) is 20.6. The van der Waals surface area contributed by atoms with Gasteiger partial charge in [0, 0.05) is 22.7 Å². The first-order chi connectivity index (χ1) is 17.0. The number of Topliss-reactive ketones (excluding diaryl/α,β-unsaturated/α-hetero) is 1.